The highest BCUT2D eigenvalue weighted by atomic mass is 35.5. The zero-order valence-corrected chi connectivity index (χ0v) is 9.72. The number of carbonyl (C=O) groups is 1. The summed E-state index contributed by atoms with van der Waals surface area (Å²) in [5, 5.41) is 0.710. The topological polar surface area (TPSA) is 61.6 Å². The van der Waals surface area contributed by atoms with Crippen molar-refractivity contribution in [2.24, 2.45) is 5.73 Å². The highest BCUT2D eigenvalue weighted by Crippen LogP contribution is 2.34. The number of ether oxygens (including phenoxy) is 2. The molecular weight excluding hydrogens is 253 g/mol. The number of benzene rings is 1. The summed E-state index contributed by atoms with van der Waals surface area (Å²) in [6.45, 7) is 0.617. The summed E-state index contributed by atoms with van der Waals surface area (Å²) >= 11 is 11.6. The maximum atomic E-state index is 11.4. The predicted molar refractivity (Wildman–Crippen MR) is 59.2 cm³/mol. The van der Waals surface area contributed by atoms with E-state index in [0.29, 0.717) is 28.8 Å². The maximum Gasteiger partial charge on any atom is 0.282 e. The third-order valence-corrected chi connectivity index (χ3v) is 3.06. The first-order chi connectivity index (χ1) is 7.56. The Bertz CT molecular complexity index is 430. The van der Waals surface area contributed by atoms with Gasteiger partial charge in [-0.3, -0.25) is 4.79 Å². The van der Waals surface area contributed by atoms with Gasteiger partial charge in [0, 0.05) is 5.56 Å². The molecule has 1 heterocycles. The van der Waals surface area contributed by atoms with E-state index in [9.17, 15) is 4.79 Å². The van der Waals surface area contributed by atoms with E-state index in [-0.39, 0.29) is 0 Å². The van der Waals surface area contributed by atoms with Crippen molar-refractivity contribution in [3.05, 3.63) is 33.8 Å². The van der Waals surface area contributed by atoms with Gasteiger partial charge < -0.3 is 15.2 Å². The van der Waals surface area contributed by atoms with E-state index in [1.807, 2.05) is 0 Å². The first kappa shape index (κ1) is 11.7. The van der Waals surface area contributed by atoms with Gasteiger partial charge >= 0.3 is 0 Å². The summed E-state index contributed by atoms with van der Waals surface area (Å²) in [5.74, 6) is -2.24. The van der Waals surface area contributed by atoms with Crippen LogP contribution < -0.4 is 5.73 Å². The van der Waals surface area contributed by atoms with Gasteiger partial charge in [-0.2, -0.15) is 0 Å². The Balaban J connectivity index is 2.47. The molecule has 1 saturated heterocycles. The van der Waals surface area contributed by atoms with Crippen molar-refractivity contribution in [3.63, 3.8) is 0 Å². The van der Waals surface area contributed by atoms with Gasteiger partial charge in [-0.25, -0.2) is 0 Å². The lowest BCUT2D eigenvalue weighted by molar-refractivity contribution is -0.183. The molecule has 1 aromatic rings. The van der Waals surface area contributed by atoms with E-state index >= 15 is 0 Å². The van der Waals surface area contributed by atoms with E-state index in [1.165, 1.54) is 6.07 Å². The van der Waals surface area contributed by atoms with Crippen molar-refractivity contribution in [1.82, 2.24) is 0 Å². The Kier molecular flexibility index (Phi) is 3.08. The van der Waals surface area contributed by atoms with Gasteiger partial charge in [0.15, 0.2) is 0 Å². The van der Waals surface area contributed by atoms with Crippen molar-refractivity contribution >= 4 is 29.1 Å². The van der Waals surface area contributed by atoms with Crippen molar-refractivity contribution in [1.29, 1.82) is 0 Å². The average Bonchev–Trinajstić information content (AvgIpc) is 2.72. The van der Waals surface area contributed by atoms with Gasteiger partial charge in [0.05, 0.1) is 23.3 Å². The van der Waals surface area contributed by atoms with Gasteiger partial charge in [0.25, 0.3) is 11.7 Å². The number of carbonyl (C=O) groups excluding carboxylic acids is 1. The smallest absolute Gasteiger partial charge is 0.282 e. The first-order valence-electron chi connectivity index (χ1n) is 4.59. The third kappa shape index (κ3) is 1.78. The standard InChI is InChI=1S/C10H9Cl2NO3/c11-7-2-1-6(5-8(7)12)10(9(13)14)15-3-4-16-10/h1-2,5H,3-4H2,(H2,13,14). The van der Waals surface area contributed by atoms with Gasteiger partial charge in [0.1, 0.15) is 0 Å². The lowest BCUT2D eigenvalue weighted by Gasteiger charge is -2.24. The van der Waals surface area contributed by atoms with Gasteiger partial charge in [-0.05, 0) is 12.1 Å². The van der Waals surface area contributed by atoms with E-state index in [2.05, 4.69) is 0 Å². The van der Waals surface area contributed by atoms with Crippen molar-refractivity contribution in [2.75, 3.05) is 13.2 Å². The summed E-state index contributed by atoms with van der Waals surface area (Å²) in [6.07, 6.45) is 0. The van der Waals surface area contributed by atoms with Crippen LogP contribution in [0.15, 0.2) is 18.2 Å². The highest BCUT2D eigenvalue weighted by molar-refractivity contribution is 6.42. The molecule has 0 aromatic heterocycles. The van der Waals surface area contributed by atoms with Crippen LogP contribution in [0, 0.1) is 0 Å². The molecule has 0 saturated carbocycles. The number of primary amides is 1. The molecule has 1 aliphatic rings. The molecule has 0 aliphatic carbocycles. The quantitative estimate of drug-likeness (QED) is 0.881. The lowest BCUT2D eigenvalue weighted by Crippen LogP contribution is -2.42. The minimum absolute atomic E-state index is 0.309. The van der Waals surface area contributed by atoms with Crippen LogP contribution in [0.2, 0.25) is 10.0 Å². The largest absolute Gasteiger partial charge is 0.365 e. The molecule has 1 amide bonds. The SMILES string of the molecule is NC(=O)C1(c2ccc(Cl)c(Cl)c2)OCCO1. The fourth-order valence-electron chi connectivity index (χ4n) is 1.56. The number of halogens is 2. The summed E-state index contributed by atoms with van der Waals surface area (Å²) in [7, 11) is 0. The summed E-state index contributed by atoms with van der Waals surface area (Å²) < 4.78 is 10.6. The van der Waals surface area contributed by atoms with Crippen LogP contribution in [0.4, 0.5) is 0 Å². The van der Waals surface area contributed by atoms with Crippen LogP contribution in [-0.2, 0) is 20.1 Å². The molecular formula is C10H9Cl2NO3. The van der Waals surface area contributed by atoms with Crippen LogP contribution in [0.1, 0.15) is 5.56 Å². The van der Waals surface area contributed by atoms with Gasteiger partial charge in [-0.1, -0.05) is 29.3 Å². The van der Waals surface area contributed by atoms with E-state index < -0.39 is 11.7 Å². The minimum atomic E-state index is -1.53. The minimum Gasteiger partial charge on any atom is -0.365 e. The van der Waals surface area contributed by atoms with Crippen molar-refractivity contribution < 1.29 is 14.3 Å². The molecule has 1 aliphatic heterocycles. The number of nitrogens with two attached hydrogens (primary N) is 1. The highest BCUT2D eigenvalue weighted by Gasteiger charge is 2.45. The summed E-state index contributed by atoms with van der Waals surface area (Å²) in [6, 6.07) is 4.68. The fourth-order valence-corrected chi connectivity index (χ4v) is 1.86. The molecule has 0 atom stereocenters. The van der Waals surface area contributed by atoms with Gasteiger partial charge in [0.2, 0.25) is 0 Å². The second-order valence-electron chi connectivity index (χ2n) is 3.31. The third-order valence-electron chi connectivity index (χ3n) is 2.32. The Morgan fingerprint density at radius 3 is 2.38 bits per heavy atom. The maximum absolute atomic E-state index is 11.4. The number of rotatable bonds is 2. The molecule has 1 fully saturated rings. The number of amides is 1. The zero-order valence-electron chi connectivity index (χ0n) is 8.20. The fraction of sp³-hybridized carbons (Fsp3) is 0.300. The second kappa shape index (κ2) is 4.22. The van der Waals surface area contributed by atoms with Crippen LogP contribution in [0.25, 0.3) is 0 Å². The first-order valence-corrected chi connectivity index (χ1v) is 5.35. The van der Waals surface area contributed by atoms with Crippen molar-refractivity contribution in [2.45, 2.75) is 5.79 Å². The molecule has 16 heavy (non-hydrogen) atoms. The monoisotopic (exact) mass is 261 g/mol. The lowest BCUT2D eigenvalue weighted by atomic mass is 10.1. The predicted octanol–water partition coefficient (Wildman–Crippen LogP) is 1.68. The molecule has 2 rings (SSSR count). The zero-order chi connectivity index (χ0) is 11.8. The number of hydrogen-bond donors (Lipinski definition) is 1. The molecule has 1 aromatic carbocycles. The summed E-state index contributed by atoms with van der Waals surface area (Å²) in [4.78, 5) is 11.4. The molecule has 4 nitrogen and oxygen atoms in total. The average molecular weight is 262 g/mol. The van der Waals surface area contributed by atoms with Crippen LogP contribution in [0.5, 0.6) is 0 Å². The molecule has 2 N–H and O–H groups in total. The Morgan fingerprint density at radius 2 is 1.88 bits per heavy atom. The molecule has 6 heteroatoms. The van der Waals surface area contributed by atoms with Crippen molar-refractivity contribution in [3.8, 4) is 0 Å². The molecule has 0 unspecified atom stereocenters. The normalized spacial score (nSPS) is 18.6. The van der Waals surface area contributed by atoms with Crippen LogP contribution in [0.3, 0.4) is 0 Å². The van der Waals surface area contributed by atoms with Crippen LogP contribution >= 0.6 is 23.2 Å². The Hall–Kier alpha value is -0.810. The molecule has 0 spiro atoms. The Morgan fingerprint density at radius 1 is 1.25 bits per heavy atom. The molecule has 86 valence electrons. The number of hydrogen-bond acceptors (Lipinski definition) is 3. The molecule has 0 bridgehead atoms. The van der Waals surface area contributed by atoms with E-state index in [1.54, 1.807) is 12.1 Å². The second-order valence-corrected chi connectivity index (χ2v) is 4.12. The Labute approximate surface area is 102 Å². The van der Waals surface area contributed by atoms with Gasteiger partial charge in [-0.15, -0.1) is 0 Å². The van der Waals surface area contributed by atoms with E-state index in [0.717, 1.165) is 0 Å². The summed E-state index contributed by atoms with van der Waals surface area (Å²) in [5.41, 5.74) is 5.74. The van der Waals surface area contributed by atoms with E-state index in [4.69, 9.17) is 38.4 Å². The van der Waals surface area contributed by atoms with Crippen LogP contribution in [-0.4, -0.2) is 19.1 Å². The molecule has 0 radical (unpaired) electrons.